The van der Waals surface area contributed by atoms with Gasteiger partial charge in [-0.15, -0.1) is 0 Å². The van der Waals surface area contributed by atoms with Crippen molar-refractivity contribution in [2.45, 2.75) is 72.4 Å². The molecule has 2 heteroatoms. The zero-order valence-corrected chi connectivity index (χ0v) is 13.2. The van der Waals surface area contributed by atoms with Gasteiger partial charge in [-0.3, -0.25) is 4.90 Å². The molecule has 1 heterocycles. The Morgan fingerprint density at radius 1 is 1.11 bits per heavy atom. The molecule has 0 saturated carbocycles. The van der Waals surface area contributed by atoms with Crippen LogP contribution in [0, 0.1) is 11.8 Å². The normalized spacial score (nSPS) is 26.0. The third kappa shape index (κ3) is 4.24. The monoisotopic (exact) mass is 254 g/mol. The van der Waals surface area contributed by atoms with Crippen molar-refractivity contribution in [1.29, 1.82) is 0 Å². The van der Waals surface area contributed by atoms with Gasteiger partial charge in [0.1, 0.15) is 0 Å². The van der Waals surface area contributed by atoms with Gasteiger partial charge in [-0.05, 0) is 38.3 Å². The highest BCUT2D eigenvalue weighted by Gasteiger charge is 2.27. The first-order valence-corrected chi connectivity index (χ1v) is 8.11. The fourth-order valence-corrected chi connectivity index (χ4v) is 3.28. The minimum absolute atomic E-state index is 0.689. The molecule has 0 radical (unpaired) electrons. The molecule has 1 aliphatic heterocycles. The van der Waals surface area contributed by atoms with E-state index in [1.807, 2.05) is 0 Å². The van der Waals surface area contributed by atoms with Gasteiger partial charge < -0.3 is 5.32 Å². The molecular formula is C16H34N2. The molecule has 2 nitrogen and oxygen atoms in total. The Bertz CT molecular complexity index is 213. The third-order valence-corrected chi connectivity index (χ3v) is 5.10. The van der Waals surface area contributed by atoms with E-state index < -0.39 is 0 Å². The first-order chi connectivity index (χ1) is 8.63. The summed E-state index contributed by atoms with van der Waals surface area (Å²) >= 11 is 0. The first kappa shape index (κ1) is 16.0. The molecule has 0 aromatic rings. The summed E-state index contributed by atoms with van der Waals surface area (Å²) in [6.45, 7) is 15.5. The number of rotatable bonds is 6. The van der Waals surface area contributed by atoms with Crippen molar-refractivity contribution in [1.82, 2.24) is 10.2 Å². The van der Waals surface area contributed by atoms with Crippen LogP contribution in [0.2, 0.25) is 0 Å². The van der Waals surface area contributed by atoms with Gasteiger partial charge in [0.15, 0.2) is 0 Å². The van der Waals surface area contributed by atoms with Crippen LogP contribution in [-0.4, -0.2) is 36.6 Å². The molecule has 1 saturated heterocycles. The molecule has 0 aliphatic carbocycles. The topological polar surface area (TPSA) is 15.3 Å². The molecule has 18 heavy (non-hydrogen) atoms. The molecule has 1 N–H and O–H groups in total. The van der Waals surface area contributed by atoms with Crippen molar-refractivity contribution < 1.29 is 0 Å². The summed E-state index contributed by atoms with van der Waals surface area (Å²) in [4.78, 5) is 2.74. The highest BCUT2D eigenvalue weighted by Crippen LogP contribution is 2.21. The van der Waals surface area contributed by atoms with E-state index in [0.29, 0.717) is 6.04 Å². The Kier molecular flexibility index (Phi) is 7.25. The lowest BCUT2D eigenvalue weighted by Crippen LogP contribution is -2.46. The van der Waals surface area contributed by atoms with E-state index >= 15 is 0 Å². The van der Waals surface area contributed by atoms with Gasteiger partial charge in [0.2, 0.25) is 0 Å². The molecule has 0 spiro atoms. The second-order valence-electron chi connectivity index (χ2n) is 6.11. The largest absolute Gasteiger partial charge is 0.312 e. The maximum atomic E-state index is 3.75. The van der Waals surface area contributed by atoms with Crippen LogP contribution in [0.3, 0.4) is 0 Å². The Morgan fingerprint density at radius 2 is 1.78 bits per heavy atom. The molecule has 0 aromatic heterocycles. The molecule has 1 fully saturated rings. The van der Waals surface area contributed by atoms with Crippen molar-refractivity contribution in [3.63, 3.8) is 0 Å². The summed E-state index contributed by atoms with van der Waals surface area (Å²) in [5.41, 5.74) is 0. The summed E-state index contributed by atoms with van der Waals surface area (Å²) in [5.74, 6) is 1.65. The van der Waals surface area contributed by atoms with Crippen LogP contribution >= 0.6 is 0 Å². The number of nitrogens with zero attached hydrogens (tertiary/aromatic N) is 1. The zero-order chi connectivity index (χ0) is 13.5. The van der Waals surface area contributed by atoms with Crippen LogP contribution in [0.1, 0.15) is 60.3 Å². The molecule has 3 atom stereocenters. The van der Waals surface area contributed by atoms with Crippen LogP contribution in [0.15, 0.2) is 0 Å². The van der Waals surface area contributed by atoms with Crippen molar-refractivity contribution in [3.8, 4) is 0 Å². The van der Waals surface area contributed by atoms with Gasteiger partial charge in [0.05, 0.1) is 0 Å². The van der Waals surface area contributed by atoms with E-state index in [1.165, 1.54) is 45.3 Å². The van der Waals surface area contributed by atoms with E-state index in [-0.39, 0.29) is 0 Å². The predicted octanol–water partition coefficient (Wildman–Crippen LogP) is 3.52. The average Bonchev–Trinajstić information content (AvgIpc) is 2.64. The van der Waals surface area contributed by atoms with Gasteiger partial charge in [0, 0.05) is 18.6 Å². The maximum absolute atomic E-state index is 3.75. The lowest BCUT2D eigenvalue weighted by Gasteiger charge is -2.36. The summed E-state index contributed by atoms with van der Waals surface area (Å²) < 4.78 is 0. The van der Waals surface area contributed by atoms with Crippen molar-refractivity contribution in [2.24, 2.45) is 11.8 Å². The second kappa shape index (κ2) is 8.16. The van der Waals surface area contributed by atoms with Gasteiger partial charge in [-0.1, -0.05) is 47.0 Å². The van der Waals surface area contributed by atoms with Crippen molar-refractivity contribution in [3.05, 3.63) is 0 Å². The van der Waals surface area contributed by atoms with Crippen molar-refractivity contribution >= 4 is 0 Å². The molecule has 3 unspecified atom stereocenters. The Labute approximate surface area is 115 Å². The summed E-state index contributed by atoms with van der Waals surface area (Å²) in [5, 5.41) is 3.75. The van der Waals surface area contributed by atoms with Gasteiger partial charge in [-0.2, -0.15) is 0 Å². The van der Waals surface area contributed by atoms with Gasteiger partial charge >= 0.3 is 0 Å². The molecule has 1 aliphatic rings. The molecule has 0 aromatic carbocycles. The zero-order valence-electron chi connectivity index (χ0n) is 13.2. The van der Waals surface area contributed by atoms with E-state index in [9.17, 15) is 0 Å². The molecule has 0 amide bonds. The lowest BCUT2D eigenvalue weighted by molar-refractivity contribution is 0.135. The SMILES string of the molecule is CCC(C)C1CN(C(C)C(CC)CC)CCCN1. The quantitative estimate of drug-likeness (QED) is 0.780. The van der Waals surface area contributed by atoms with Crippen LogP contribution in [0.4, 0.5) is 0 Å². The fourth-order valence-electron chi connectivity index (χ4n) is 3.28. The predicted molar refractivity (Wildman–Crippen MR) is 81.0 cm³/mol. The van der Waals surface area contributed by atoms with E-state index in [1.54, 1.807) is 0 Å². The van der Waals surface area contributed by atoms with Crippen LogP contribution in [-0.2, 0) is 0 Å². The smallest absolute Gasteiger partial charge is 0.0220 e. The van der Waals surface area contributed by atoms with E-state index in [4.69, 9.17) is 0 Å². The Hall–Kier alpha value is -0.0800. The summed E-state index contributed by atoms with van der Waals surface area (Å²) in [6.07, 6.45) is 5.22. The summed E-state index contributed by atoms with van der Waals surface area (Å²) in [7, 11) is 0. The van der Waals surface area contributed by atoms with Gasteiger partial charge in [-0.25, -0.2) is 0 Å². The minimum Gasteiger partial charge on any atom is -0.312 e. The molecule has 108 valence electrons. The average molecular weight is 254 g/mol. The van der Waals surface area contributed by atoms with Crippen molar-refractivity contribution in [2.75, 3.05) is 19.6 Å². The highest BCUT2D eigenvalue weighted by molar-refractivity contribution is 4.84. The highest BCUT2D eigenvalue weighted by atomic mass is 15.2. The second-order valence-corrected chi connectivity index (χ2v) is 6.11. The van der Waals surface area contributed by atoms with Crippen LogP contribution < -0.4 is 5.32 Å². The minimum atomic E-state index is 0.689. The Morgan fingerprint density at radius 3 is 2.33 bits per heavy atom. The van der Waals surface area contributed by atoms with Crippen LogP contribution in [0.25, 0.3) is 0 Å². The number of hydrogen-bond acceptors (Lipinski definition) is 2. The maximum Gasteiger partial charge on any atom is 0.0220 e. The third-order valence-electron chi connectivity index (χ3n) is 5.10. The van der Waals surface area contributed by atoms with E-state index in [0.717, 1.165) is 17.9 Å². The standard InChI is InChI=1S/C16H34N2/c1-6-13(4)16-12-18(11-9-10-17-16)14(5)15(7-2)8-3/h13-17H,6-12H2,1-5H3. The van der Waals surface area contributed by atoms with Crippen LogP contribution in [0.5, 0.6) is 0 Å². The number of nitrogens with one attached hydrogen (secondary N) is 1. The number of hydrogen-bond donors (Lipinski definition) is 1. The van der Waals surface area contributed by atoms with E-state index in [2.05, 4.69) is 44.8 Å². The van der Waals surface area contributed by atoms with Gasteiger partial charge in [0.25, 0.3) is 0 Å². The fraction of sp³-hybridized carbons (Fsp3) is 1.00. The molecule has 0 bridgehead atoms. The summed E-state index contributed by atoms with van der Waals surface area (Å²) in [6, 6.07) is 1.43. The lowest BCUT2D eigenvalue weighted by atomic mass is 9.92. The molecule has 1 rings (SSSR count). The first-order valence-electron chi connectivity index (χ1n) is 8.11. The Balaban J connectivity index is 2.62. The molecular weight excluding hydrogens is 220 g/mol.